The molecule has 7 heteroatoms. The van der Waals surface area contributed by atoms with Crippen molar-refractivity contribution in [2.24, 2.45) is 0 Å². The Morgan fingerprint density at radius 3 is 2.67 bits per heavy atom. The Balaban J connectivity index is 1.74. The molecular formula is C20H18ClNO4S. The summed E-state index contributed by atoms with van der Waals surface area (Å²) in [6.45, 7) is 1.90. The SMILES string of the molecule is Cc1ccc(S(=O)(=O)N2c3cc(Cl)ccc3[C@]3(O)C[C@@H]4C=C[C@@H](O4)[C@H]23)cc1. The second kappa shape index (κ2) is 5.58. The van der Waals surface area contributed by atoms with Gasteiger partial charge in [-0.1, -0.05) is 47.5 Å². The Morgan fingerprint density at radius 2 is 1.93 bits per heavy atom. The second-order valence-electron chi connectivity index (χ2n) is 7.37. The van der Waals surface area contributed by atoms with Crippen molar-refractivity contribution >= 4 is 27.3 Å². The third-order valence-corrected chi connectivity index (χ3v) is 7.70. The highest BCUT2D eigenvalue weighted by molar-refractivity contribution is 7.92. The first kappa shape index (κ1) is 17.3. The van der Waals surface area contributed by atoms with Crippen LogP contribution in [0.3, 0.4) is 0 Å². The molecule has 0 unspecified atom stereocenters. The van der Waals surface area contributed by atoms with E-state index in [1.54, 1.807) is 42.5 Å². The standard InChI is InChI=1S/C20H18ClNO4S/c1-12-2-6-15(7-3-12)27(24,25)22-17-10-13(21)4-8-16(17)20(23)11-14-5-9-18(26-14)19(20)22/h2-10,14,18-19,23H,11H2,1H3/t14-,18+,19-,20+/m0/s1. The summed E-state index contributed by atoms with van der Waals surface area (Å²) < 4.78 is 34.4. The zero-order valence-electron chi connectivity index (χ0n) is 14.5. The number of halogens is 1. The zero-order chi connectivity index (χ0) is 19.0. The molecule has 27 heavy (non-hydrogen) atoms. The van der Waals surface area contributed by atoms with Crippen LogP contribution in [-0.4, -0.2) is 31.8 Å². The van der Waals surface area contributed by atoms with E-state index in [2.05, 4.69) is 0 Å². The van der Waals surface area contributed by atoms with Crippen LogP contribution in [0.25, 0.3) is 0 Å². The molecule has 1 fully saturated rings. The first-order valence-corrected chi connectivity index (χ1v) is 10.6. The molecule has 3 aliphatic heterocycles. The molecule has 0 aromatic heterocycles. The van der Waals surface area contributed by atoms with Gasteiger partial charge in [0, 0.05) is 17.0 Å². The number of hydrogen-bond acceptors (Lipinski definition) is 4. The highest BCUT2D eigenvalue weighted by Gasteiger charge is 2.61. The summed E-state index contributed by atoms with van der Waals surface area (Å²) in [6.07, 6.45) is 3.31. The van der Waals surface area contributed by atoms with E-state index >= 15 is 0 Å². The number of fused-ring (bicyclic) bond motifs is 6. The van der Waals surface area contributed by atoms with Crippen molar-refractivity contribution in [2.45, 2.75) is 42.1 Å². The van der Waals surface area contributed by atoms with E-state index < -0.39 is 27.8 Å². The number of hydrogen-bond donors (Lipinski definition) is 1. The van der Waals surface area contributed by atoms with Crippen LogP contribution in [0.4, 0.5) is 5.69 Å². The van der Waals surface area contributed by atoms with Crippen LogP contribution < -0.4 is 4.31 Å². The van der Waals surface area contributed by atoms with Crippen LogP contribution >= 0.6 is 11.6 Å². The number of aryl methyl sites for hydroxylation is 1. The monoisotopic (exact) mass is 403 g/mol. The molecule has 2 bridgehead atoms. The number of nitrogens with zero attached hydrogens (tertiary/aromatic N) is 1. The summed E-state index contributed by atoms with van der Waals surface area (Å²) in [4.78, 5) is 0.173. The van der Waals surface area contributed by atoms with Gasteiger partial charge in [0.25, 0.3) is 10.0 Å². The predicted molar refractivity (Wildman–Crippen MR) is 102 cm³/mol. The lowest BCUT2D eigenvalue weighted by molar-refractivity contribution is -0.114. The van der Waals surface area contributed by atoms with Crippen LogP contribution in [0, 0.1) is 6.92 Å². The maximum absolute atomic E-state index is 13.6. The fraction of sp³-hybridized carbons (Fsp3) is 0.300. The molecule has 4 atom stereocenters. The predicted octanol–water partition coefficient (Wildman–Crippen LogP) is 3.14. The third-order valence-electron chi connectivity index (χ3n) is 5.65. The fourth-order valence-electron chi connectivity index (χ4n) is 4.42. The Hall–Kier alpha value is -1.86. The molecule has 3 aliphatic rings. The van der Waals surface area contributed by atoms with Gasteiger partial charge < -0.3 is 9.84 Å². The lowest BCUT2D eigenvalue weighted by Gasteiger charge is -2.42. The average Bonchev–Trinajstić information content (AvgIpc) is 3.12. The minimum Gasteiger partial charge on any atom is -0.383 e. The highest BCUT2D eigenvalue weighted by atomic mass is 35.5. The van der Waals surface area contributed by atoms with Crippen molar-refractivity contribution in [1.82, 2.24) is 0 Å². The minimum atomic E-state index is -3.92. The van der Waals surface area contributed by atoms with Gasteiger partial charge in [0.05, 0.1) is 16.7 Å². The smallest absolute Gasteiger partial charge is 0.264 e. The van der Waals surface area contributed by atoms with E-state index in [0.717, 1.165) is 5.56 Å². The van der Waals surface area contributed by atoms with E-state index in [4.69, 9.17) is 16.3 Å². The summed E-state index contributed by atoms with van der Waals surface area (Å²) in [7, 11) is -3.92. The van der Waals surface area contributed by atoms with E-state index in [1.807, 2.05) is 19.1 Å². The Morgan fingerprint density at radius 1 is 1.19 bits per heavy atom. The minimum absolute atomic E-state index is 0.173. The number of anilines is 1. The fourth-order valence-corrected chi connectivity index (χ4v) is 6.30. The molecule has 5 nitrogen and oxygen atoms in total. The molecule has 0 radical (unpaired) electrons. The van der Waals surface area contributed by atoms with Crippen LogP contribution in [0.2, 0.25) is 5.02 Å². The van der Waals surface area contributed by atoms with Crippen molar-refractivity contribution in [1.29, 1.82) is 0 Å². The van der Waals surface area contributed by atoms with Crippen molar-refractivity contribution in [3.05, 3.63) is 70.8 Å². The normalized spacial score (nSPS) is 31.1. The molecule has 2 aromatic rings. The molecule has 0 saturated carbocycles. The quantitative estimate of drug-likeness (QED) is 0.782. The van der Waals surface area contributed by atoms with Gasteiger partial charge in [-0.05, 0) is 31.2 Å². The van der Waals surface area contributed by atoms with Gasteiger partial charge in [-0.15, -0.1) is 0 Å². The summed E-state index contributed by atoms with van der Waals surface area (Å²) in [5.74, 6) is 0. The lowest BCUT2D eigenvalue weighted by atomic mass is 9.82. The van der Waals surface area contributed by atoms with Crippen LogP contribution in [-0.2, 0) is 20.4 Å². The van der Waals surface area contributed by atoms with Gasteiger partial charge in [-0.2, -0.15) is 0 Å². The van der Waals surface area contributed by atoms with Gasteiger partial charge in [-0.3, -0.25) is 4.31 Å². The van der Waals surface area contributed by atoms with Crippen molar-refractivity contribution < 1.29 is 18.3 Å². The van der Waals surface area contributed by atoms with E-state index in [9.17, 15) is 13.5 Å². The van der Waals surface area contributed by atoms with Crippen molar-refractivity contribution in [3.63, 3.8) is 0 Å². The van der Waals surface area contributed by atoms with E-state index in [-0.39, 0.29) is 11.0 Å². The van der Waals surface area contributed by atoms with Crippen LogP contribution in [0.15, 0.2) is 59.5 Å². The van der Waals surface area contributed by atoms with Gasteiger partial charge >= 0.3 is 0 Å². The zero-order valence-corrected chi connectivity index (χ0v) is 16.1. The summed E-state index contributed by atoms with van der Waals surface area (Å²) in [6, 6.07) is 10.9. The molecule has 0 spiro atoms. The number of benzene rings is 2. The first-order chi connectivity index (χ1) is 12.8. The average molecular weight is 404 g/mol. The molecule has 140 valence electrons. The first-order valence-electron chi connectivity index (χ1n) is 8.78. The molecule has 2 aromatic carbocycles. The Bertz CT molecular complexity index is 1070. The second-order valence-corrected chi connectivity index (χ2v) is 9.62. The van der Waals surface area contributed by atoms with Gasteiger partial charge in [-0.25, -0.2) is 8.42 Å². The Labute approximate surface area is 162 Å². The summed E-state index contributed by atoms with van der Waals surface area (Å²) in [5, 5.41) is 12.0. The topological polar surface area (TPSA) is 66.8 Å². The maximum Gasteiger partial charge on any atom is 0.264 e. The number of rotatable bonds is 2. The molecular weight excluding hydrogens is 386 g/mol. The largest absolute Gasteiger partial charge is 0.383 e. The van der Waals surface area contributed by atoms with Crippen molar-refractivity contribution in [3.8, 4) is 0 Å². The molecule has 0 amide bonds. The van der Waals surface area contributed by atoms with Crippen LogP contribution in [0.1, 0.15) is 17.5 Å². The summed E-state index contributed by atoms with van der Waals surface area (Å²) in [5.41, 5.74) is 0.641. The van der Waals surface area contributed by atoms with E-state index in [0.29, 0.717) is 22.7 Å². The van der Waals surface area contributed by atoms with Gasteiger partial charge in [0.15, 0.2) is 0 Å². The highest BCUT2D eigenvalue weighted by Crippen LogP contribution is 2.54. The van der Waals surface area contributed by atoms with Gasteiger partial charge in [0.2, 0.25) is 0 Å². The number of ether oxygens (including phenoxy) is 1. The third kappa shape index (κ3) is 2.34. The number of sulfonamides is 1. The number of aliphatic hydroxyl groups is 1. The van der Waals surface area contributed by atoms with Crippen LogP contribution in [0.5, 0.6) is 0 Å². The maximum atomic E-state index is 13.6. The summed E-state index contributed by atoms with van der Waals surface area (Å²) >= 11 is 6.18. The Kier molecular flexibility index (Phi) is 3.56. The van der Waals surface area contributed by atoms with E-state index in [1.165, 1.54) is 4.31 Å². The van der Waals surface area contributed by atoms with Crippen molar-refractivity contribution in [2.75, 3.05) is 4.31 Å². The molecule has 0 aliphatic carbocycles. The molecule has 3 heterocycles. The molecule has 1 saturated heterocycles. The van der Waals surface area contributed by atoms with Gasteiger partial charge in [0.1, 0.15) is 17.7 Å². The lowest BCUT2D eigenvalue weighted by Crippen LogP contribution is -2.57. The molecule has 5 rings (SSSR count). The molecule has 1 N–H and O–H groups in total.